The molecule has 0 unspecified atom stereocenters. The van der Waals surface area contributed by atoms with Crippen molar-refractivity contribution in [1.82, 2.24) is 9.88 Å². The van der Waals surface area contributed by atoms with E-state index in [1.54, 1.807) is 0 Å². The summed E-state index contributed by atoms with van der Waals surface area (Å²) in [7, 11) is 0.0667. The Morgan fingerprint density at radius 3 is 2.72 bits per heavy atom. The van der Waals surface area contributed by atoms with Gasteiger partial charge >= 0.3 is 0 Å². The fourth-order valence-electron chi connectivity index (χ4n) is 1.27. The number of nitrogens with two attached hydrogens (primary N) is 1. The number of halogens is 1. The Labute approximate surface area is 115 Å². The van der Waals surface area contributed by atoms with Gasteiger partial charge in [-0.25, -0.2) is 18.5 Å². The van der Waals surface area contributed by atoms with Crippen molar-refractivity contribution in [2.75, 3.05) is 27.2 Å². The van der Waals surface area contributed by atoms with Crippen molar-refractivity contribution < 1.29 is 13.2 Å². The average Bonchev–Trinajstić information content (AvgIpc) is 2.24. The fourth-order valence-corrected chi connectivity index (χ4v) is 2.40. The van der Waals surface area contributed by atoms with Crippen LogP contribution in [0.15, 0.2) is 21.6 Å². The SMILES string of the molecule is CN(C)CCCOc1ncc(Br)cc1S(N)(=O)=O. The van der Waals surface area contributed by atoms with E-state index in [0.29, 0.717) is 11.1 Å². The Balaban J connectivity index is 2.77. The Morgan fingerprint density at radius 2 is 2.17 bits per heavy atom. The van der Waals surface area contributed by atoms with Gasteiger partial charge in [-0.05, 0) is 42.5 Å². The number of rotatable bonds is 6. The molecule has 1 heterocycles. The molecule has 0 aliphatic heterocycles. The Bertz CT molecular complexity index is 505. The number of hydrogen-bond acceptors (Lipinski definition) is 5. The second kappa shape index (κ2) is 6.46. The van der Waals surface area contributed by atoms with Gasteiger partial charge in [0.15, 0.2) is 0 Å². The van der Waals surface area contributed by atoms with E-state index in [2.05, 4.69) is 20.9 Å². The first-order valence-corrected chi connectivity index (χ1v) is 7.60. The minimum atomic E-state index is -3.84. The predicted molar refractivity (Wildman–Crippen MR) is 72.0 cm³/mol. The molecular formula is C10H16BrN3O3S. The van der Waals surface area contributed by atoms with Crippen LogP contribution in [0.5, 0.6) is 5.88 Å². The summed E-state index contributed by atoms with van der Waals surface area (Å²) in [5.74, 6) is 0.0412. The smallest absolute Gasteiger partial charge is 0.243 e. The minimum absolute atomic E-state index is 0.0412. The summed E-state index contributed by atoms with van der Waals surface area (Å²) in [6.07, 6.45) is 2.24. The number of primary sulfonamides is 1. The van der Waals surface area contributed by atoms with Crippen molar-refractivity contribution in [2.45, 2.75) is 11.3 Å². The van der Waals surface area contributed by atoms with Gasteiger partial charge in [-0.2, -0.15) is 0 Å². The van der Waals surface area contributed by atoms with E-state index in [1.807, 2.05) is 19.0 Å². The first-order valence-electron chi connectivity index (χ1n) is 5.26. The molecular weight excluding hydrogens is 322 g/mol. The Hall–Kier alpha value is -0.700. The maximum absolute atomic E-state index is 11.4. The average molecular weight is 338 g/mol. The summed E-state index contributed by atoms with van der Waals surface area (Å²) in [6, 6.07) is 1.38. The van der Waals surface area contributed by atoms with Crippen molar-refractivity contribution in [1.29, 1.82) is 0 Å². The van der Waals surface area contributed by atoms with Crippen LogP contribution in [0.25, 0.3) is 0 Å². The standard InChI is InChI=1S/C10H16BrN3O3S/c1-14(2)4-3-5-17-10-9(18(12,15)16)6-8(11)7-13-10/h6-7H,3-5H2,1-2H3,(H2,12,15,16). The Kier molecular flexibility index (Phi) is 5.51. The molecule has 0 aliphatic rings. The van der Waals surface area contributed by atoms with Gasteiger partial charge in [0.25, 0.3) is 0 Å². The second-order valence-electron chi connectivity index (χ2n) is 4.01. The molecule has 0 saturated carbocycles. The van der Waals surface area contributed by atoms with Crippen LogP contribution in [0.2, 0.25) is 0 Å². The van der Waals surface area contributed by atoms with E-state index in [9.17, 15) is 8.42 Å². The molecule has 0 bridgehead atoms. The maximum Gasteiger partial charge on any atom is 0.243 e. The molecule has 0 aromatic carbocycles. The molecule has 1 rings (SSSR count). The number of ether oxygens (including phenoxy) is 1. The van der Waals surface area contributed by atoms with Crippen molar-refractivity contribution in [3.05, 3.63) is 16.7 Å². The molecule has 0 radical (unpaired) electrons. The normalized spacial score (nSPS) is 11.8. The summed E-state index contributed by atoms with van der Waals surface area (Å²) < 4.78 is 28.6. The van der Waals surface area contributed by atoms with E-state index in [4.69, 9.17) is 9.88 Å². The lowest BCUT2D eigenvalue weighted by Crippen LogP contribution is -2.18. The first-order chi connectivity index (χ1) is 8.30. The predicted octanol–water partition coefficient (Wildman–Crippen LogP) is 0.822. The van der Waals surface area contributed by atoms with E-state index in [0.717, 1.165) is 13.0 Å². The molecule has 0 aliphatic carbocycles. The highest BCUT2D eigenvalue weighted by molar-refractivity contribution is 9.10. The largest absolute Gasteiger partial charge is 0.477 e. The molecule has 0 fully saturated rings. The van der Waals surface area contributed by atoms with Gasteiger partial charge in [-0.3, -0.25) is 0 Å². The van der Waals surface area contributed by atoms with Crippen LogP contribution >= 0.6 is 15.9 Å². The molecule has 1 aromatic heterocycles. The van der Waals surface area contributed by atoms with E-state index < -0.39 is 10.0 Å². The van der Waals surface area contributed by atoms with Crippen LogP contribution in [-0.2, 0) is 10.0 Å². The zero-order chi connectivity index (χ0) is 13.8. The number of sulfonamides is 1. The van der Waals surface area contributed by atoms with Gasteiger partial charge < -0.3 is 9.64 Å². The molecule has 0 atom stereocenters. The molecule has 0 amide bonds. The third kappa shape index (κ3) is 4.89. The van der Waals surface area contributed by atoms with Crippen LogP contribution in [0.1, 0.15) is 6.42 Å². The number of hydrogen-bond donors (Lipinski definition) is 1. The van der Waals surface area contributed by atoms with Crippen LogP contribution in [0.3, 0.4) is 0 Å². The second-order valence-corrected chi connectivity index (χ2v) is 6.45. The lowest BCUT2D eigenvalue weighted by Gasteiger charge is -2.11. The third-order valence-electron chi connectivity index (χ3n) is 2.08. The molecule has 0 spiro atoms. The summed E-state index contributed by atoms with van der Waals surface area (Å²) in [5, 5.41) is 5.10. The monoisotopic (exact) mass is 337 g/mol. The van der Waals surface area contributed by atoms with E-state index in [-0.39, 0.29) is 10.8 Å². The third-order valence-corrected chi connectivity index (χ3v) is 3.42. The number of nitrogens with zero attached hydrogens (tertiary/aromatic N) is 2. The highest BCUT2D eigenvalue weighted by atomic mass is 79.9. The molecule has 2 N–H and O–H groups in total. The minimum Gasteiger partial charge on any atom is -0.477 e. The molecule has 1 aromatic rings. The quantitative estimate of drug-likeness (QED) is 0.777. The van der Waals surface area contributed by atoms with Gasteiger partial charge in [0, 0.05) is 17.2 Å². The molecule has 18 heavy (non-hydrogen) atoms. The zero-order valence-electron chi connectivity index (χ0n) is 10.3. The maximum atomic E-state index is 11.4. The van der Waals surface area contributed by atoms with Crippen LogP contribution in [0, 0.1) is 0 Å². The number of aromatic nitrogens is 1. The first kappa shape index (κ1) is 15.4. The van der Waals surface area contributed by atoms with Crippen molar-refractivity contribution >= 4 is 26.0 Å². The molecule has 102 valence electrons. The van der Waals surface area contributed by atoms with Crippen molar-refractivity contribution in [3.63, 3.8) is 0 Å². The van der Waals surface area contributed by atoms with Gasteiger partial charge in [0.2, 0.25) is 15.9 Å². The topological polar surface area (TPSA) is 85.5 Å². The molecule has 6 nitrogen and oxygen atoms in total. The molecule has 0 saturated heterocycles. The zero-order valence-corrected chi connectivity index (χ0v) is 12.7. The summed E-state index contributed by atoms with van der Waals surface area (Å²) in [4.78, 5) is 5.82. The summed E-state index contributed by atoms with van der Waals surface area (Å²) in [6.45, 7) is 1.23. The number of pyridine rings is 1. The highest BCUT2D eigenvalue weighted by Crippen LogP contribution is 2.23. The van der Waals surface area contributed by atoms with Crippen molar-refractivity contribution in [2.24, 2.45) is 5.14 Å². The summed E-state index contributed by atoms with van der Waals surface area (Å²) in [5.41, 5.74) is 0. The van der Waals surface area contributed by atoms with Crippen LogP contribution in [-0.4, -0.2) is 45.5 Å². The van der Waals surface area contributed by atoms with Gasteiger partial charge in [-0.1, -0.05) is 0 Å². The summed E-state index contributed by atoms with van der Waals surface area (Å²) >= 11 is 3.14. The van der Waals surface area contributed by atoms with Gasteiger partial charge in [-0.15, -0.1) is 0 Å². The highest BCUT2D eigenvalue weighted by Gasteiger charge is 2.17. The lowest BCUT2D eigenvalue weighted by atomic mass is 10.4. The van der Waals surface area contributed by atoms with Crippen LogP contribution < -0.4 is 9.88 Å². The van der Waals surface area contributed by atoms with Crippen LogP contribution in [0.4, 0.5) is 0 Å². The van der Waals surface area contributed by atoms with Gasteiger partial charge in [0.05, 0.1) is 6.61 Å². The fraction of sp³-hybridized carbons (Fsp3) is 0.500. The molecule has 8 heteroatoms. The van der Waals surface area contributed by atoms with E-state index >= 15 is 0 Å². The van der Waals surface area contributed by atoms with Gasteiger partial charge in [0.1, 0.15) is 4.90 Å². The Morgan fingerprint density at radius 1 is 1.50 bits per heavy atom. The van der Waals surface area contributed by atoms with Crippen molar-refractivity contribution in [3.8, 4) is 5.88 Å². The van der Waals surface area contributed by atoms with E-state index in [1.165, 1.54) is 12.3 Å². The lowest BCUT2D eigenvalue weighted by molar-refractivity contribution is 0.267.